The number of benzene rings is 1. The fraction of sp³-hybridized carbons (Fsp3) is 0.286. The van der Waals surface area contributed by atoms with E-state index in [2.05, 4.69) is 14.9 Å². The third kappa shape index (κ3) is 4.44. The van der Waals surface area contributed by atoms with Gasteiger partial charge in [0, 0.05) is 49.6 Å². The number of ether oxygens (including phenoxy) is 1. The second kappa shape index (κ2) is 7.88. The van der Waals surface area contributed by atoms with E-state index in [0.717, 1.165) is 46.8 Å². The molecule has 0 aliphatic carbocycles. The highest BCUT2D eigenvalue weighted by Crippen LogP contribution is 2.23. The number of hydrogen-bond acceptors (Lipinski definition) is 7. The largest absolute Gasteiger partial charge is 0.497 e. The van der Waals surface area contributed by atoms with Gasteiger partial charge in [0.25, 0.3) is 0 Å². The maximum absolute atomic E-state index is 11.7. The van der Waals surface area contributed by atoms with Crippen LogP contribution in [0, 0.1) is 0 Å². The van der Waals surface area contributed by atoms with Crippen LogP contribution in [0.25, 0.3) is 11.3 Å². The van der Waals surface area contributed by atoms with Crippen molar-refractivity contribution in [2.75, 3.05) is 19.9 Å². The summed E-state index contributed by atoms with van der Waals surface area (Å²) in [5.41, 5.74) is 4.73. The van der Waals surface area contributed by atoms with Gasteiger partial charge in [0.1, 0.15) is 5.75 Å². The normalized spacial score (nSPS) is 14.4. The Bertz CT molecular complexity index is 1130. The first kappa shape index (κ1) is 19.5. The monoisotopic (exact) mass is 410 g/mol. The summed E-state index contributed by atoms with van der Waals surface area (Å²) in [6, 6.07) is 13.9. The number of methoxy groups -OCH3 is 1. The first-order valence-corrected chi connectivity index (χ1v) is 11.2. The molecule has 1 aliphatic rings. The van der Waals surface area contributed by atoms with Crippen LogP contribution in [-0.2, 0) is 29.3 Å². The van der Waals surface area contributed by atoms with Crippen molar-refractivity contribution in [3.63, 3.8) is 0 Å². The predicted molar refractivity (Wildman–Crippen MR) is 109 cm³/mol. The molecule has 29 heavy (non-hydrogen) atoms. The van der Waals surface area contributed by atoms with Crippen molar-refractivity contribution < 1.29 is 13.2 Å². The van der Waals surface area contributed by atoms with E-state index in [4.69, 9.17) is 9.72 Å². The molecule has 0 spiro atoms. The van der Waals surface area contributed by atoms with Crippen LogP contribution in [0.5, 0.6) is 5.75 Å². The highest BCUT2D eigenvalue weighted by Gasteiger charge is 2.21. The number of rotatable bonds is 5. The number of aromatic nitrogens is 3. The average Bonchev–Trinajstić information content (AvgIpc) is 2.73. The number of hydrogen-bond donors (Lipinski definition) is 0. The molecular weight excluding hydrogens is 388 g/mol. The lowest BCUT2D eigenvalue weighted by molar-refractivity contribution is 0.239. The molecular formula is C21H22N4O3S. The van der Waals surface area contributed by atoms with Gasteiger partial charge < -0.3 is 4.74 Å². The molecule has 0 saturated heterocycles. The lowest BCUT2D eigenvalue weighted by Crippen LogP contribution is -2.31. The van der Waals surface area contributed by atoms with Crippen molar-refractivity contribution in [1.29, 1.82) is 0 Å². The van der Waals surface area contributed by atoms with Gasteiger partial charge in [0.05, 0.1) is 24.2 Å². The summed E-state index contributed by atoms with van der Waals surface area (Å²) in [4.78, 5) is 15.3. The van der Waals surface area contributed by atoms with Crippen LogP contribution in [-0.4, -0.2) is 48.2 Å². The Morgan fingerprint density at radius 2 is 1.90 bits per heavy atom. The van der Waals surface area contributed by atoms with E-state index in [-0.39, 0.29) is 5.16 Å². The van der Waals surface area contributed by atoms with E-state index in [1.165, 1.54) is 0 Å². The van der Waals surface area contributed by atoms with Gasteiger partial charge in [-0.1, -0.05) is 6.07 Å². The van der Waals surface area contributed by atoms with Gasteiger partial charge in [-0.05, 0) is 36.4 Å². The highest BCUT2D eigenvalue weighted by molar-refractivity contribution is 7.90. The molecule has 0 radical (unpaired) electrons. The zero-order valence-electron chi connectivity index (χ0n) is 16.4. The zero-order chi connectivity index (χ0) is 20.4. The molecule has 3 aromatic rings. The molecule has 0 N–H and O–H groups in total. The molecule has 0 amide bonds. The molecule has 3 heterocycles. The Labute approximate surface area is 170 Å². The van der Waals surface area contributed by atoms with Crippen molar-refractivity contribution >= 4 is 9.84 Å². The zero-order valence-corrected chi connectivity index (χ0v) is 17.2. The minimum atomic E-state index is -3.39. The summed E-state index contributed by atoms with van der Waals surface area (Å²) in [5, 5.41) is -0.0986. The molecule has 0 fully saturated rings. The molecule has 0 bridgehead atoms. The maximum Gasteiger partial charge on any atom is 0.246 e. The minimum Gasteiger partial charge on any atom is -0.497 e. The molecule has 1 aliphatic heterocycles. The predicted octanol–water partition coefficient (Wildman–Crippen LogP) is 2.51. The minimum absolute atomic E-state index is 0.0986. The van der Waals surface area contributed by atoms with Crippen molar-refractivity contribution in [2.24, 2.45) is 0 Å². The van der Waals surface area contributed by atoms with Crippen LogP contribution < -0.4 is 4.74 Å². The standard InChI is InChI=1S/C21H22N4O3S/c1-28-18-8-6-15(7-9-18)19-5-3-4-17(23-19)14-25-11-10-20-16(13-25)12-22-21(24-20)29(2,26)27/h3-9,12H,10-11,13-14H2,1-2H3. The molecule has 0 atom stereocenters. The summed E-state index contributed by atoms with van der Waals surface area (Å²) in [6.07, 6.45) is 3.45. The molecule has 2 aromatic heterocycles. The fourth-order valence-corrected chi connectivity index (χ4v) is 3.91. The second-order valence-corrected chi connectivity index (χ2v) is 9.01. The van der Waals surface area contributed by atoms with E-state index in [0.29, 0.717) is 19.5 Å². The van der Waals surface area contributed by atoms with Gasteiger partial charge in [-0.15, -0.1) is 0 Å². The van der Waals surface area contributed by atoms with Gasteiger partial charge in [0.15, 0.2) is 0 Å². The van der Waals surface area contributed by atoms with Gasteiger partial charge >= 0.3 is 0 Å². The number of nitrogens with zero attached hydrogens (tertiary/aromatic N) is 4. The van der Waals surface area contributed by atoms with Crippen LogP contribution in [0.2, 0.25) is 0 Å². The molecule has 0 saturated carbocycles. The van der Waals surface area contributed by atoms with Gasteiger partial charge in [-0.3, -0.25) is 9.88 Å². The Balaban J connectivity index is 1.49. The Kier molecular flexibility index (Phi) is 5.29. The first-order valence-electron chi connectivity index (χ1n) is 9.30. The summed E-state index contributed by atoms with van der Waals surface area (Å²) in [5.74, 6) is 0.818. The third-order valence-electron chi connectivity index (χ3n) is 4.90. The summed E-state index contributed by atoms with van der Waals surface area (Å²) in [6.45, 7) is 2.17. The van der Waals surface area contributed by atoms with E-state index >= 15 is 0 Å². The molecule has 7 nitrogen and oxygen atoms in total. The van der Waals surface area contributed by atoms with Crippen molar-refractivity contribution in [3.8, 4) is 17.0 Å². The Morgan fingerprint density at radius 3 is 2.62 bits per heavy atom. The van der Waals surface area contributed by atoms with Crippen LogP contribution in [0.15, 0.2) is 53.8 Å². The van der Waals surface area contributed by atoms with E-state index in [1.54, 1.807) is 13.3 Å². The van der Waals surface area contributed by atoms with Crippen molar-refractivity contribution in [3.05, 3.63) is 65.6 Å². The third-order valence-corrected chi connectivity index (χ3v) is 5.76. The smallest absolute Gasteiger partial charge is 0.246 e. The van der Waals surface area contributed by atoms with Gasteiger partial charge in [-0.25, -0.2) is 18.4 Å². The van der Waals surface area contributed by atoms with E-state index in [1.807, 2.05) is 42.5 Å². The number of fused-ring (bicyclic) bond motifs is 1. The number of sulfone groups is 1. The van der Waals surface area contributed by atoms with Crippen molar-refractivity contribution in [2.45, 2.75) is 24.7 Å². The number of pyridine rings is 1. The SMILES string of the molecule is COc1ccc(-c2cccc(CN3CCc4nc(S(C)(=O)=O)ncc4C3)n2)cc1. The fourth-order valence-electron chi connectivity index (χ4n) is 3.39. The topological polar surface area (TPSA) is 85.3 Å². The molecule has 1 aromatic carbocycles. The van der Waals surface area contributed by atoms with Crippen LogP contribution in [0.1, 0.15) is 17.0 Å². The molecule has 0 unspecified atom stereocenters. The Morgan fingerprint density at radius 1 is 1.10 bits per heavy atom. The maximum atomic E-state index is 11.7. The van der Waals surface area contributed by atoms with Gasteiger partial charge in [-0.2, -0.15) is 0 Å². The first-order chi connectivity index (χ1) is 13.9. The Hall–Kier alpha value is -2.84. The van der Waals surface area contributed by atoms with Gasteiger partial charge in [0.2, 0.25) is 15.0 Å². The second-order valence-electron chi connectivity index (χ2n) is 7.10. The lowest BCUT2D eigenvalue weighted by atomic mass is 10.1. The lowest BCUT2D eigenvalue weighted by Gasteiger charge is -2.27. The average molecular weight is 410 g/mol. The van der Waals surface area contributed by atoms with Crippen LogP contribution >= 0.6 is 0 Å². The summed E-state index contributed by atoms with van der Waals surface area (Å²) in [7, 11) is -1.74. The molecule has 4 rings (SSSR count). The van der Waals surface area contributed by atoms with E-state index < -0.39 is 9.84 Å². The van der Waals surface area contributed by atoms with Crippen molar-refractivity contribution in [1.82, 2.24) is 19.9 Å². The van der Waals surface area contributed by atoms with Crippen LogP contribution in [0.3, 0.4) is 0 Å². The van der Waals surface area contributed by atoms with Crippen LogP contribution in [0.4, 0.5) is 0 Å². The quantitative estimate of drug-likeness (QED) is 0.598. The summed E-state index contributed by atoms with van der Waals surface area (Å²) >= 11 is 0. The summed E-state index contributed by atoms with van der Waals surface area (Å²) < 4.78 is 28.5. The van der Waals surface area contributed by atoms with E-state index in [9.17, 15) is 8.42 Å². The highest BCUT2D eigenvalue weighted by atomic mass is 32.2. The molecule has 150 valence electrons. The molecule has 8 heteroatoms.